The normalized spacial score (nSPS) is 9.15. The Labute approximate surface area is 84.1 Å². The Bertz CT molecular complexity index is 347. The zero-order valence-corrected chi connectivity index (χ0v) is 8.65. The molecule has 13 heavy (non-hydrogen) atoms. The standard InChI is InChI=1S/C11H12ClN/c1-9-6-7-11(10(2)13-9)5-3-4-8-12/h6-7H,4,8H2,1-2H3. The third-order valence-corrected chi connectivity index (χ3v) is 1.86. The van der Waals surface area contributed by atoms with Crippen molar-refractivity contribution in [2.75, 3.05) is 5.88 Å². The van der Waals surface area contributed by atoms with Crippen LogP contribution in [0.15, 0.2) is 12.1 Å². The first-order valence-corrected chi connectivity index (χ1v) is 4.76. The maximum absolute atomic E-state index is 5.51. The highest BCUT2D eigenvalue weighted by Crippen LogP contribution is 2.04. The van der Waals surface area contributed by atoms with Gasteiger partial charge in [0.05, 0.1) is 5.69 Å². The molecule has 0 aromatic carbocycles. The van der Waals surface area contributed by atoms with Gasteiger partial charge < -0.3 is 0 Å². The van der Waals surface area contributed by atoms with Crippen molar-refractivity contribution in [3.63, 3.8) is 0 Å². The van der Waals surface area contributed by atoms with Gasteiger partial charge in [-0.1, -0.05) is 11.8 Å². The number of hydrogen-bond acceptors (Lipinski definition) is 1. The highest BCUT2D eigenvalue weighted by atomic mass is 35.5. The molecule has 0 N–H and O–H groups in total. The average Bonchev–Trinajstić information content (AvgIpc) is 2.09. The minimum Gasteiger partial charge on any atom is -0.257 e. The zero-order valence-electron chi connectivity index (χ0n) is 7.89. The van der Waals surface area contributed by atoms with Crippen LogP contribution in [0.2, 0.25) is 0 Å². The summed E-state index contributed by atoms with van der Waals surface area (Å²) in [5, 5.41) is 0. The number of aromatic nitrogens is 1. The molecule has 0 amide bonds. The molecule has 0 saturated heterocycles. The van der Waals surface area contributed by atoms with Gasteiger partial charge >= 0.3 is 0 Å². The molecule has 1 aromatic rings. The molecule has 0 aliphatic heterocycles. The van der Waals surface area contributed by atoms with Gasteiger partial charge in [0, 0.05) is 23.6 Å². The highest BCUT2D eigenvalue weighted by molar-refractivity contribution is 6.18. The lowest BCUT2D eigenvalue weighted by atomic mass is 10.2. The Balaban J connectivity index is 2.85. The molecule has 0 atom stereocenters. The fourth-order valence-corrected chi connectivity index (χ4v) is 1.12. The summed E-state index contributed by atoms with van der Waals surface area (Å²) in [5.41, 5.74) is 3.01. The first-order chi connectivity index (χ1) is 6.24. The summed E-state index contributed by atoms with van der Waals surface area (Å²) in [6.45, 7) is 3.95. The fourth-order valence-electron chi connectivity index (χ4n) is 1.02. The van der Waals surface area contributed by atoms with Crippen LogP contribution < -0.4 is 0 Å². The fraction of sp³-hybridized carbons (Fsp3) is 0.364. The molecule has 0 spiro atoms. The largest absolute Gasteiger partial charge is 0.257 e. The predicted octanol–water partition coefficient (Wildman–Crippen LogP) is 2.68. The van der Waals surface area contributed by atoms with Gasteiger partial charge in [-0.15, -0.1) is 11.6 Å². The molecule has 0 unspecified atom stereocenters. The number of aryl methyl sites for hydroxylation is 2. The van der Waals surface area contributed by atoms with Crippen LogP contribution in [0.1, 0.15) is 23.4 Å². The Morgan fingerprint density at radius 2 is 2.15 bits per heavy atom. The molecule has 1 aromatic heterocycles. The van der Waals surface area contributed by atoms with E-state index in [-0.39, 0.29) is 0 Å². The monoisotopic (exact) mass is 193 g/mol. The smallest absolute Gasteiger partial charge is 0.0532 e. The lowest BCUT2D eigenvalue weighted by Gasteiger charge is -1.97. The van der Waals surface area contributed by atoms with Gasteiger partial charge in [-0.25, -0.2) is 0 Å². The summed E-state index contributed by atoms with van der Waals surface area (Å²) in [7, 11) is 0. The Hall–Kier alpha value is -1.00. The molecule has 0 radical (unpaired) electrons. The van der Waals surface area contributed by atoms with Gasteiger partial charge in [-0.3, -0.25) is 4.98 Å². The molecule has 1 heterocycles. The molecule has 68 valence electrons. The molecule has 1 nitrogen and oxygen atoms in total. The SMILES string of the molecule is Cc1ccc(C#CCCCl)c(C)n1. The van der Waals surface area contributed by atoms with E-state index >= 15 is 0 Å². The van der Waals surface area contributed by atoms with E-state index in [1.807, 2.05) is 26.0 Å². The van der Waals surface area contributed by atoms with E-state index < -0.39 is 0 Å². The van der Waals surface area contributed by atoms with Crippen molar-refractivity contribution in [2.24, 2.45) is 0 Å². The summed E-state index contributed by atoms with van der Waals surface area (Å²) >= 11 is 5.51. The first-order valence-electron chi connectivity index (χ1n) is 4.23. The van der Waals surface area contributed by atoms with Crippen molar-refractivity contribution >= 4 is 11.6 Å². The Morgan fingerprint density at radius 3 is 2.77 bits per heavy atom. The summed E-state index contributed by atoms with van der Waals surface area (Å²) in [5.74, 6) is 6.62. The van der Waals surface area contributed by atoms with Gasteiger partial charge in [0.15, 0.2) is 0 Å². The molecule has 1 rings (SSSR count). The van der Waals surface area contributed by atoms with E-state index in [0.29, 0.717) is 5.88 Å². The molecule has 0 aliphatic rings. The molecule has 0 fully saturated rings. The van der Waals surface area contributed by atoms with Crippen molar-refractivity contribution in [1.82, 2.24) is 4.98 Å². The Morgan fingerprint density at radius 1 is 1.38 bits per heavy atom. The lowest BCUT2D eigenvalue weighted by Crippen LogP contribution is -1.89. The molecule has 2 heteroatoms. The summed E-state index contributed by atoms with van der Waals surface area (Å²) in [6, 6.07) is 3.97. The van der Waals surface area contributed by atoms with Gasteiger partial charge in [0.25, 0.3) is 0 Å². The first kappa shape index (κ1) is 10.1. The number of halogens is 1. The molecule has 0 aliphatic carbocycles. The molecular formula is C11H12ClN. The third-order valence-electron chi connectivity index (χ3n) is 1.67. The Kier molecular flexibility index (Phi) is 3.79. The van der Waals surface area contributed by atoms with Crippen LogP contribution in [-0.4, -0.2) is 10.9 Å². The van der Waals surface area contributed by atoms with E-state index in [1.54, 1.807) is 0 Å². The number of rotatable bonds is 1. The van der Waals surface area contributed by atoms with E-state index in [4.69, 9.17) is 11.6 Å². The molecule has 0 saturated carbocycles. The van der Waals surface area contributed by atoms with Crippen LogP contribution in [0, 0.1) is 25.7 Å². The maximum atomic E-state index is 5.51. The van der Waals surface area contributed by atoms with Crippen molar-refractivity contribution in [1.29, 1.82) is 0 Å². The third kappa shape index (κ3) is 3.08. The summed E-state index contributed by atoms with van der Waals surface area (Å²) < 4.78 is 0. The molecule has 0 bridgehead atoms. The van der Waals surface area contributed by atoms with Crippen molar-refractivity contribution in [2.45, 2.75) is 20.3 Å². The average molecular weight is 194 g/mol. The van der Waals surface area contributed by atoms with E-state index in [9.17, 15) is 0 Å². The van der Waals surface area contributed by atoms with Crippen molar-refractivity contribution in [3.05, 3.63) is 29.1 Å². The van der Waals surface area contributed by atoms with E-state index in [1.165, 1.54) is 0 Å². The van der Waals surface area contributed by atoms with Crippen molar-refractivity contribution in [3.8, 4) is 11.8 Å². The second kappa shape index (κ2) is 4.89. The number of hydrogen-bond donors (Lipinski definition) is 0. The van der Waals surface area contributed by atoms with Crippen LogP contribution in [-0.2, 0) is 0 Å². The topological polar surface area (TPSA) is 12.9 Å². The van der Waals surface area contributed by atoms with E-state index in [0.717, 1.165) is 23.4 Å². The van der Waals surface area contributed by atoms with Gasteiger partial charge in [0.2, 0.25) is 0 Å². The van der Waals surface area contributed by atoms with Crippen LogP contribution >= 0.6 is 11.6 Å². The van der Waals surface area contributed by atoms with Crippen LogP contribution in [0.3, 0.4) is 0 Å². The van der Waals surface area contributed by atoms with Crippen LogP contribution in [0.25, 0.3) is 0 Å². The highest BCUT2D eigenvalue weighted by Gasteiger charge is 1.94. The summed E-state index contributed by atoms with van der Waals surface area (Å²) in [6.07, 6.45) is 0.731. The lowest BCUT2D eigenvalue weighted by molar-refractivity contribution is 1.11. The second-order valence-corrected chi connectivity index (χ2v) is 3.20. The number of nitrogens with zero attached hydrogens (tertiary/aromatic N) is 1. The van der Waals surface area contributed by atoms with Crippen LogP contribution in [0.4, 0.5) is 0 Å². The zero-order chi connectivity index (χ0) is 9.68. The maximum Gasteiger partial charge on any atom is 0.0532 e. The minimum absolute atomic E-state index is 0.589. The second-order valence-electron chi connectivity index (χ2n) is 2.83. The predicted molar refractivity (Wildman–Crippen MR) is 55.9 cm³/mol. The van der Waals surface area contributed by atoms with Crippen LogP contribution in [0.5, 0.6) is 0 Å². The summed E-state index contributed by atoms with van der Waals surface area (Å²) in [4.78, 5) is 4.32. The van der Waals surface area contributed by atoms with Crippen molar-refractivity contribution < 1.29 is 0 Å². The number of pyridine rings is 1. The van der Waals surface area contributed by atoms with Gasteiger partial charge in [-0.05, 0) is 26.0 Å². The van der Waals surface area contributed by atoms with Gasteiger partial charge in [0.1, 0.15) is 0 Å². The van der Waals surface area contributed by atoms with E-state index in [2.05, 4.69) is 16.8 Å². The van der Waals surface area contributed by atoms with Gasteiger partial charge in [-0.2, -0.15) is 0 Å². The number of alkyl halides is 1. The quantitative estimate of drug-likeness (QED) is 0.494. The minimum atomic E-state index is 0.589. The molecular weight excluding hydrogens is 182 g/mol.